The van der Waals surface area contributed by atoms with Crippen molar-refractivity contribution in [3.8, 4) is 11.4 Å². The van der Waals surface area contributed by atoms with E-state index in [0.717, 1.165) is 23.2 Å². The van der Waals surface area contributed by atoms with Gasteiger partial charge in [0.25, 0.3) is 0 Å². The molecule has 0 aromatic carbocycles. The van der Waals surface area contributed by atoms with E-state index in [4.69, 9.17) is 4.98 Å². The molecular weight excluding hydrogens is 284 g/mol. The van der Waals surface area contributed by atoms with E-state index >= 15 is 0 Å². The summed E-state index contributed by atoms with van der Waals surface area (Å²) < 4.78 is 0. The van der Waals surface area contributed by atoms with Gasteiger partial charge in [-0.3, -0.25) is 9.97 Å². The van der Waals surface area contributed by atoms with Crippen LogP contribution in [-0.2, 0) is 6.04 Å². The molecule has 0 aliphatic heterocycles. The van der Waals surface area contributed by atoms with Gasteiger partial charge in [-0.05, 0) is 42.1 Å². The van der Waals surface area contributed by atoms with Crippen LogP contribution >= 0.6 is 0 Å². The van der Waals surface area contributed by atoms with Crippen LogP contribution in [-0.4, -0.2) is 18.8 Å². The van der Waals surface area contributed by atoms with E-state index in [9.17, 15) is 0 Å². The lowest BCUT2D eigenvalue weighted by atomic mass is 10.2. The van der Waals surface area contributed by atoms with Crippen molar-refractivity contribution in [3.05, 3.63) is 48.3 Å². The molecule has 0 aliphatic rings. The van der Waals surface area contributed by atoms with Crippen molar-refractivity contribution >= 4 is 8.80 Å². The number of hydrogen-bond acceptors (Lipinski definition) is 2. The molecule has 0 saturated heterocycles. The fourth-order valence-corrected chi connectivity index (χ4v) is 6.35. The average molecular weight is 312 g/mol. The smallest absolute Gasteiger partial charge is 0.0889 e. The largest absolute Gasteiger partial charge is 0.255 e. The lowest BCUT2D eigenvalue weighted by Gasteiger charge is -2.19. The van der Waals surface area contributed by atoms with E-state index in [0.29, 0.717) is 0 Å². The maximum absolute atomic E-state index is 4.86. The molecule has 0 aliphatic carbocycles. The van der Waals surface area contributed by atoms with Crippen molar-refractivity contribution < 1.29 is 0 Å². The van der Waals surface area contributed by atoms with Crippen molar-refractivity contribution in [1.82, 2.24) is 9.97 Å². The Balaban J connectivity index is 2.14. The van der Waals surface area contributed by atoms with E-state index in [-0.39, 0.29) is 8.80 Å². The predicted molar refractivity (Wildman–Crippen MR) is 96.2 cm³/mol. The molecule has 0 N–H and O–H groups in total. The van der Waals surface area contributed by atoms with E-state index in [2.05, 4.69) is 50.9 Å². The molecule has 1 radical (unpaired) electrons. The first-order valence-corrected chi connectivity index (χ1v) is 10.4. The Morgan fingerprint density at radius 2 is 1.55 bits per heavy atom. The number of pyridine rings is 2. The molecule has 0 bridgehead atoms. The van der Waals surface area contributed by atoms with Gasteiger partial charge in [0.05, 0.1) is 20.2 Å². The molecule has 2 aromatic heterocycles. The standard InChI is InChI=1S/C19H27N2Si/c1-15(2)12-22(13-16(3)4)14-17-8-7-10-19(21-17)18-9-5-6-11-20-18/h5-11,15-16H,12-14H2,1-4H3. The number of hydrogen-bond donors (Lipinski definition) is 0. The van der Waals surface area contributed by atoms with Gasteiger partial charge in [-0.2, -0.15) is 0 Å². The van der Waals surface area contributed by atoms with Crippen LogP contribution in [0, 0.1) is 11.8 Å². The van der Waals surface area contributed by atoms with E-state index in [1.807, 2.05) is 24.4 Å². The van der Waals surface area contributed by atoms with Gasteiger partial charge in [0.15, 0.2) is 0 Å². The van der Waals surface area contributed by atoms with Gasteiger partial charge in [-0.15, -0.1) is 0 Å². The highest BCUT2D eigenvalue weighted by atomic mass is 28.3. The van der Waals surface area contributed by atoms with Crippen LogP contribution < -0.4 is 0 Å². The zero-order valence-electron chi connectivity index (χ0n) is 14.2. The lowest BCUT2D eigenvalue weighted by molar-refractivity contribution is 0.686. The summed E-state index contributed by atoms with van der Waals surface area (Å²) in [4.78, 5) is 9.27. The molecule has 0 atom stereocenters. The highest BCUT2D eigenvalue weighted by molar-refractivity contribution is 6.58. The minimum atomic E-state index is -0.377. The second-order valence-corrected chi connectivity index (χ2v) is 9.52. The first-order chi connectivity index (χ1) is 10.5. The fraction of sp³-hybridized carbons (Fsp3) is 0.474. The van der Waals surface area contributed by atoms with Crippen LogP contribution in [0.5, 0.6) is 0 Å². The van der Waals surface area contributed by atoms with Crippen molar-refractivity contribution in [2.45, 2.75) is 45.8 Å². The Morgan fingerprint density at radius 1 is 0.864 bits per heavy atom. The molecule has 2 rings (SSSR count). The summed E-state index contributed by atoms with van der Waals surface area (Å²) in [5, 5.41) is 0. The Labute approximate surface area is 136 Å². The lowest BCUT2D eigenvalue weighted by Crippen LogP contribution is -2.21. The Bertz CT molecular complexity index is 557. The van der Waals surface area contributed by atoms with Crippen LogP contribution in [0.3, 0.4) is 0 Å². The zero-order valence-corrected chi connectivity index (χ0v) is 15.2. The maximum atomic E-state index is 4.86. The molecule has 117 valence electrons. The highest BCUT2D eigenvalue weighted by Gasteiger charge is 2.16. The minimum absolute atomic E-state index is 0.377. The fourth-order valence-electron chi connectivity index (χ4n) is 2.87. The first-order valence-electron chi connectivity index (χ1n) is 8.25. The van der Waals surface area contributed by atoms with E-state index < -0.39 is 0 Å². The molecule has 0 fully saturated rings. The van der Waals surface area contributed by atoms with Gasteiger partial charge in [0.1, 0.15) is 0 Å². The Morgan fingerprint density at radius 3 is 2.14 bits per heavy atom. The maximum Gasteiger partial charge on any atom is 0.0889 e. The SMILES string of the molecule is CC(C)C[Si](Cc1cccc(-c2ccccn2)n1)CC(C)C. The van der Waals surface area contributed by atoms with Gasteiger partial charge in [-0.25, -0.2) is 0 Å². The van der Waals surface area contributed by atoms with Gasteiger partial charge in [0.2, 0.25) is 0 Å². The van der Waals surface area contributed by atoms with E-state index in [1.54, 1.807) is 0 Å². The summed E-state index contributed by atoms with van der Waals surface area (Å²) in [5.41, 5.74) is 3.19. The van der Waals surface area contributed by atoms with Crippen LogP contribution in [0.2, 0.25) is 12.1 Å². The average Bonchev–Trinajstić information content (AvgIpc) is 2.47. The summed E-state index contributed by atoms with van der Waals surface area (Å²) in [6.45, 7) is 9.34. The predicted octanol–water partition coefficient (Wildman–Crippen LogP) is 5.03. The molecule has 0 unspecified atom stereocenters. The van der Waals surface area contributed by atoms with Gasteiger partial charge in [-0.1, -0.05) is 51.9 Å². The molecular formula is C19H27N2Si. The molecule has 22 heavy (non-hydrogen) atoms. The monoisotopic (exact) mass is 311 g/mol. The third-order valence-electron chi connectivity index (χ3n) is 3.56. The van der Waals surface area contributed by atoms with Crippen LogP contribution in [0.1, 0.15) is 33.4 Å². The molecule has 0 spiro atoms. The molecule has 0 saturated carbocycles. The van der Waals surface area contributed by atoms with Crippen molar-refractivity contribution in [2.24, 2.45) is 11.8 Å². The van der Waals surface area contributed by atoms with Crippen LogP contribution in [0.4, 0.5) is 0 Å². The molecule has 2 aromatic rings. The number of rotatable bonds is 7. The van der Waals surface area contributed by atoms with Gasteiger partial charge < -0.3 is 0 Å². The van der Waals surface area contributed by atoms with Crippen LogP contribution in [0.25, 0.3) is 11.4 Å². The summed E-state index contributed by atoms with van der Waals surface area (Å²) in [7, 11) is -0.377. The highest BCUT2D eigenvalue weighted by Crippen LogP contribution is 2.19. The second kappa shape index (κ2) is 8.23. The minimum Gasteiger partial charge on any atom is -0.255 e. The molecule has 2 heterocycles. The normalized spacial score (nSPS) is 11.6. The topological polar surface area (TPSA) is 25.8 Å². The zero-order chi connectivity index (χ0) is 15.9. The summed E-state index contributed by atoms with van der Waals surface area (Å²) in [6, 6.07) is 16.3. The van der Waals surface area contributed by atoms with Crippen molar-refractivity contribution in [1.29, 1.82) is 0 Å². The molecule has 2 nitrogen and oxygen atoms in total. The Kier molecular flexibility index (Phi) is 6.31. The van der Waals surface area contributed by atoms with E-state index in [1.165, 1.54) is 23.8 Å². The van der Waals surface area contributed by atoms with Crippen LogP contribution in [0.15, 0.2) is 42.6 Å². The quantitative estimate of drug-likeness (QED) is 0.670. The number of aromatic nitrogens is 2. The number of nitrogens with zero attached hydrogens (tertiary/aromatic N) is 2. The molecule has 0 amide bonds. The van der Waals surface area contributed by atoms with Gasteiger partial charge in [0, 0.05) is 11.9 Å². The van der Waals surface area contributed by atoms with Crippen molar-refractivity contribution in [2.75, 3.05) is 0 Å². The molecule has 3 heteroatoms. The van der Waals surface area contributed by atoms with Crippen molar-refractivity contribution in [3.63, 3.8) is 0 Å². The third-order valence-corrected chi connectivity index (χ3v) is 7.21. The summed E-state index contributed by atoms with van der Waals surface area (Å²) in [6.07, 6.45) is 1.83. The second-order valence-electron chi connectivity index (χ2n) is 6.85. The third kappa shape index (κ3) is 5.37. The first kappa shape index (κ1) is 16.9. The van der Waals surface area contributed by atoms with Gasteiger partial charge >= 0.3 is 0 Å². The summed E-state index contributed by atoms with van der Waals surface area (Å²) >= 11 is 0. The Hall–Kier alpha value is -1.48. The summed E-state index contributed by atoms with van der Waals surface area (Å²) in [5.74, 6) is 1.57.